The quantitative estimate of drug-likeness (QED) is 0.533. The molecule has 0 saturated heterocycles. The monoisotopic (exact) mass is 331 g/mol. The van der Waals surface area contributed by atoms with E-state index in [0.717, 1.165) is 19.3 Å². The van der Waals surface area contributed by atoms with Crippen molar-refractivity contribution in [2.24, 2.45) is 4.40 Å². The van der Waals surface area contributed by atoms with E-state index in [1.807, 2.05) is 27.0 Å². The van der Waals surface area contributed by atoms with E-state index in [1.54, 1.807) is 0 Å². The first-order valence-electron chi connectivity index (χ1n) is 7.94. The average molecular weight is 332 g/mol. The SMILES string of the molecule is CC(C)(C)[S@@](=O)N=CCC1(O[Si](C)(C)C(C)(C)C)CCC1. The predicted molar refractivity (Wildman–Crippen MR) is 95.9 cm³/mol. The molecule has 0 radical (unpaired) electrons. The lowest BCUT2D eigenvalue weighted by atomic mass is 9.78. The Bertz CT molecular complexity index is 415. The molecule has 1 aliphatic carbocycles. The van der Waals surface area contributed by atoms with E-state index in [9.17, 15) is 4.21 Å². The van der Waals surface area contributed by atoms with Crippen molar-refractivity contribution >= 4 is 25.5 Å². The van der Waals surface area contributed by atoms with Crippen molar-refractivity contribution in [2.75, 3.05) is 0 Å². The zero-order valence-electron chi connectivity index (χ0n) is 15.1. The first-order chi connectivity index (χ1) is 9.29. The zero-order chi connectivity index (χ0) is 16.5. The van der Waals surface area contributed by atoms with Gasteiger partial charge in [-0.05, 0) is 58.2 Å². The fourth-order valence-corrected chi connectivity index (χ4v) is 4.25. The van der Waals surface area contributed by atoms with E-state index in [4.69, 9.17) is 4.43 Å². The summed E-state index contributed by atoms with van der Waals surface area (Å²) in [4.78, 5) is 0. The Kier molecular flexibility index (Phi) is 5.66. The van der Waals surface area contributed by atoms with Gasteiger partial charge in [-0.2, -0.15) is 4.40 Å². The van der Waals surface area contributed by atoms with Gasteiger partial charge < -0.3 is 4.43 Å². The molecule has 1 fully saturated rings. The van der Waals surface area contributed by atoms with Crippen molar-refractivity contribution in [1.82, 2.24) is 0 Å². The molecule has 0 N–H and O–H groups in total. The summed E-state index contributed by atoms with van der Waals surface area (Å²) in [6.07, 6.45) is 6.07. The molecule has 1 aliphatic rings. The van der Waals surface area contributed by atoms with Gasteiger partial charge in [0.05, 0.1) is 10.3 Å². The summed E-state index contributed by atoms with van der Waals surface area (Å²) in [6, 6.07) is 0. The molecule has 0 heterocycles. The number of hydrogen-bond donors (Lipinski definition) is 0. The average Bonchev–Trinajstić information content (AvgIpc) is 2.22. The highest BCUT2D eigenvalue weighted by Gasteiger charge is 2.47. The third-order valence-electron chi connectivity index (χ3n) is 4.70. The van der Waals surface area contributed by atoms with Crippen LogP contribution in [0.1, 0.15) is 67.2 Å². The molecule has 21 heavy (non-hydrogen) atoms. The van der Waals surface area contributed by atoms with Crippen molar-refractivity contribution < 1.29 is 8.63 Å². The Morgan fingerprint density at radius 2 is 1.71 bits per heavy atom. The Morgan fingerprint density at radius 3 is 2.05 bits per heavy atom. The molecule has 0 bridgehead atoms. The molecule has 5 heteroatoms. The molecule has 3 nitrogen and oxygen atoms in total. The maximum Gasteiger partial charge on any atom is 0.192 e. The van der Waals surface area contributed by atoms with Gasteiger partial charge in [0.1, 0.15) is 11.0 Å². The molecular formula is C16H33NO2SSi. The molecule has 0 spiro atoms. The number of rotatable bonds is 5. The summed E-state index contributed by atoms with van der Waals surface area (Å²) in [5.41, 5.74) is -0.0470. The summed E-state index contributed by atoms with van der Waals surface area (Å²) in [6.45, 7) is 17.3. The number of nitrogens with zero attached hydrogens (tertiary/aromatic N) is 1. The summed E-state index contributed by atoms with van der Waals surface area (Å²) < 4.78 is 22.6. The Labute approximate surface area is 134 Å². The maximum atomic E-state index is 12.0. The van der Waals surface area contributed by atoms with E-state index in [1.165, 1.54) is 6.42 Å². The molecular weight excluding hydrogens is 298 g/mol. The lowest BCUT2D eigenvalue weighted by molar-refractivity contribution is -0.0121. The first kappa shape index (κ1) is 19.0. The molecule has 0 aromatic rings. The van der Waals surface area contributed by atoms with Crippen LogP contribution in [0.4, 0.5) is 0 Å². The van der Waals surface area contributed by atoms with Crippen LogP contribution in [0.15, 0.2) is 4.40 Å². The van der Waals surface area contributed by atoms with Crippen LogP contribution in [-0.4, -0.2) is 29.1 Å². The van der Waals surface area contributed by atoms with Gasteiger partial charge in [0.25, 0.3) is 0 Å². The minimum atomic E-state index is -1.76. The van der Waals surface area contributed by atoms with Gasteiger partial charge in [-0.15, -0.1) is 0 Å². The normalized spacial score (nSPS) is 21.3. The molecule has 0 aliphatic heterocycles. The van der Waals surface area contributed by atoms with Crippen LogP contribution in [0, 0.1) is 0 Å². The Hall–Kier alpha value is -0.00312. The van der Waals surface area contributed by atoms with E-state index >= 15 is 0 Å². The fraction of sp³-hybridized carbons (Fsp3) is 0.938. The van der Waals surface area contributed by atoms with Crippen LogP contribution < -0.4 is 0 Å². The van der Waals surface area contributed by atoms with Crippen molar-refractivity contribution in [3.63, 3.8) is 0 Å². The van der Waals surface area contributed by atoms with Crippen LogP contribution in [0.3, 0.4) is 0 Å². The highest BCUT2D eigenvalue weighted by molar-refractivity contribution is 7.85. The summed E-state index contributed by atoms with van der Waals surface area (Å²) in [5, 5.41) is 0.223. The second-order valence-electron chi connectivity index (χ2n) is 8.75. The minimum Gasteiger partial charge on any atom is -0.411 e. The zero-order valence-corrected chi connectivity index (χ0v) is 16.9. The van der Waals surface area contributed by atoms with E-state index in [-0.39, 0.29) is 15.4 Å². The predicted octanol–water partition coefficient (Wildman–Crippen LogP) is 4.85. The second kappa shape index (κ2) is 6.24. The molecule has 0 aromatic heterocycles. The topological polar surface area (TPSA) is 38.7 Å². The molecule has 0 aromatic carbocycles. The molecule has 1 rings (SSSR count). The van der Waals surface area contributed by atoms with E-state index in [2.05, 4.69) is 38.3 Å². The highest BCUT2D eigenvalue weighted by atomic mass is 32.2. The highest BCUT2D eigenvalue weighted by Crippen LogP contribution is 2.46. The Morgan fingerprint density at radius 1 is 1.19 bits per heavy atom. The minimum absolute atomic E-state index is 0.0470. The van der Waals surface area contributed by atoms with Gasteiger partial charge in [0.15, 0.2) is 8.32 Å². The third kappa shape index (κ3) is 5.00. The van der Waals surface area contributed by atoms with Crippen LogP contribution in [0.25, 0.3) is 0 Å². The molecule has 0 unspecified atom stereocenters. The summed E-state index contributed by atoms with van der Waals surface area (Å²) in [7, 11) is -2.93. The largest absolute Gasteiger partial charge is 0.411 e. The van der Waals surface area contributed by atoms with E-state index in [0.29, 0.717) is 0 Å². The van der Waals surface area contributed by atoms with Gasteiger partial charge in [-0.25, -0.2) is 4.21 Å². The van der Waals surface area contributed by atoms with Gasteiger partial charge in [-0.3, -0.25) is 0 Å². The standard InChI is InChI=1S/C16H33NO2SSi/c1-14(2,3)20(18)17-13-12-16(10-9-11-16)19-21(7,8)15(4,5)6/h13H,9-12H2,1-8H3/t20-/m1/s1. The second-order valence-corrected chi connectivity index (χ2v) is 15.4. The maximum absolute atomic E-state index is 12.0. The lowest BCUT2D eigenvalue weighted by Crippen LogP contribution is -2.53. The lowest BCUT2D eigenvalue weighted by Gasteiger charge is -2.50. The van der Waals surface area contributed by atoms with Crippen molar-refractivity contribution in [1.29, 1.82) is 0 Å². The van der Waals surface area contributed by atoms with Crippen molar-refractivity contribution in [3.05, 3.63) is 0 Å². The molecule has 0 amide bonds. The Balaban J connectivity index is 2.71. The van der Waals surface area contributed by atoms with Crippen LogP contribution in [0.2, 0.25) is 18.1 Å². The number of hydrogen-bond acceptors (Lipinski definition) is 2. The smallest absolute Gasteiger partial charge is 0.192 e. The van der Waals surface area contributed by atoms with Gasteiger partial charge in [0.2, 0.25) is 0 Å². The van der Waals surface area contributed by atoms with Crippen molar-refractivity contribution in [2.45, 2.75) is 95.7 Å². The van der Waals surface area contributed by atoms with Gasteiger partial charge in [0, 0.05) is 12.6 Å². The molecule has 124 valence electrons. The van der Waals surface area contributed by atoms with Crippen LogP contribution in [-0.2, 0) is 15.4 Å². The fourth-order valence-electron chi connectivity index (χ4n) is 2.04. The molecule has 1 atom stereocenters. The van der Waals surface area contributed by atoms with Crippen LogP contribution >= 0.6 is 0 Å². The van der Waals surface area contributed by atoms with Crippen LogP contribution in [0.5, 0.6) is 0 Å². The van der Waals surface area contributed by atoms with E-state index < -0.39 is 19.3 Å². The molecule has 1 saturated carbocycles. The first-order valence-corrected chi connectivity index (χ1v) is 12.0. The summed E-state index contributed by atoms with van der Waals surface area (Å²) >= 11 is 0. The third-order valence-corrected chi connectivity index (χ3v) is 10.6. The van der Waals surface area contributed by atoms with Crippen molar-refractivity contribution in [3.8, 4) is 0 Å². The summed E-state index contributed by atoms with van der Waals surface area (Å²) in [5.74, 6) is 0. The van der Waals surface area contributed by atoms with Gasteiger partial charge >= 0.3 is 0 Å². The van der Waals surface area contributed by atoms with Gasteiger partial charge in [-0.1, -0.05) is 20.8 Å².